The lowest BCUT2D eigenvalue weighted by atomic mass is 10.2. The number of nitrogens with zero attached hydrogens (tertiary/aromatic N) is 1. The summed E-state index contributed by atoms with van der Waals surface area (Å²) in [6.07, 6.45) is -0.589. The molecule has 6 heteroatoms. The summed E-state index contributed by atoms with van der Waals surface area (Å²) in [4.78, 5) is 2.02. The van der Waals surface area contributed by atoms with Crippen LogP contribution >= 0.6 is 0 Å². The number of rotatable bonds is 11. The van der Waals surface area contributed by atoms with Crippen molar-refractivity contribution in [2.75, 3.05) is 40.5 Å². The number of hydrogen-bond donors (Lipinski definition) is 2. The van der Waals surface area contributed by atoms with Gasteiger partial charge in [0.05, 0.1) is 13.7 Å². The first-order chi connectivity index (χ1) is 12.6. The summed E-state index contributed by atoms with van der Waals surface area (Å²) < 4.78 is 16.3. The van der Waals surface area contributed by atoms with Gasteiger partial charge in [-0.2, -0.15) is 0 Å². The monoisotopic (exact) mass is 361 g/mol. The highest BCUT2D eigenvalue weighted by Gasteiger charge is 2.12. The van der Waals surface area contributed by atoms with Crippen LogP contribution in [0.3, 0.4) is 0 Å². The minimum atomic E-state index is -0.589. The summed E-state index contributed by atoms with van der Waals surface area (Å²) in [6.45, 7) is 1.56. The average Bonchev–Trinajstić information content (AvgIpc) is 2.66. The standard InChI is InChI=1S/C20H27NO5/c1-21(14-17(23)15-26-18-6-4-3-5-7-18)13-16-8-9-19(25-11-10-22)20(12-16)24-2/h3-9,12,17,22-23H,10-11,13-15H2,1-2H3/t17-/m0/s1. The van der Waals surface area contributed by atoms with E-state index in [0.717, 1.165) is 11.3 Å². The van der Waals surface area contributed by atoms with Crippen molar-refractivity contribution in [3.05, 3.63) is 54.1 Å². The molecule has 1 atom stereocenters. The molecule has 2 rings (SSSR count). The van der Waals surface area contributed by atoms with Gasteiger partial charge in [0.2, 0.25) is 0 Å². The fraction of sp³-hybridized carbons (Fsp3) is 0.400. The van der Waals surface area contributed by atoms with Crippen LogP contribution in [-0.4, -0.2) is 61.7 Å². The second kappa shape index (κ2) is 10.7. The molecule has 2 N–H and O–H groups in total. The molecule has 0 saturated heterocycles. The van der Waals surface area contributed by atoms with Crippen molar-refractivity contribution < 1.29 is 24.4 Å². The molecule has 2 aromatic carbocycles. The molecular weight excluding hydrogens is 334 g/mol. The number of para-hydroxylation sites is 1. The van der Waals surface area contributed by atoms with E-state index in [2.05, 4.69) is 0 Å². The third kappa shape index (κ3) is 6.55. The van der Waals surface area contributed by atoms with Crippen LogP contribution in [0.4, 0.5) is 0 Å². The van der Waals surface area contributed by atoms with E-state index in [1.54, 1.807) is 7.11 Å². The van der Waals surface area contributed by atoms with Crippen LogP contribution in [0.2, 0.25) is 0 Å². The van der Waals surface area contributed by atoms with Crippen molar-refractivity contribution in [1.82, 2.24) is 4.90 Å². The maximum absolute atomic E-state index is 10.2. The Kier molecular flexibility index (Phi) is 8.21. The van der Waals surface area contributed by atoms with Crippen molar-refractivity contribution in [3.63, 3.8) is 0 Å². The quantitative estimate of drug-likeness (QED) is 0.637. The van der Waals surface area contributed by atoms with Crippen molar-refractivity contribution in [1.29, 1.82) is 0 Å². The zero-order valence-corrected chi connectivity index (χ0v) is 15.3. The third-order valence-corrected chi connectivity index (χ3v) is 3.74. The van der Waals surface area contributed by atoms with Crippen LogP contribution < -0.4 is 14.2 Å². The molecule has 0 heterocycles. The lowest BCUT2D eigenvalue weighted by molar-refractivity contribution is 0.0743. The normalized spacial score (nSPS) is 12.0. The number of hydrogen-bond acceptors (Lipinski definition) is 6. The van der Waals surface area contributed by atoms with Crippen molar-refractivity contribution in [3.8, 4) is 17.2 Å². The van der Waals surface area contributed by atoms with Gasteiger partial charge in [-0.05, 0) is 36.9 Å². The first kappa shape index (κ1) is 20.0. The molecule has 0 bridgehead atoms. The van der Waals surface area contributed by atoms with Gasteiger partial charge in [0.1, 0.15) is 25.1 Å². The van der Waals surface area contributed by atoms with Gasteiger partial charge in [0.25, 0.3) is 0 Å². The van der Waals surface area contributed by atoms with Gasteiger partial charge in [-0.15, -0.1) is 0 Å². The van der Waals surface area contributed by atoms with Gasteiger partial charge in [0, 0.05) is 13.1 Å². The summed E-state index contributed by atoms with van der Waals surface area (Å²) in [7, 11) is 3.52. The van der Waals surface area contributed by atoms with E-state index < -0.39 is 6.10 Å². The van der Waals surface area contributed by atoms with E-state index in [1.165, 1.54) is 0 Å². The summed E-state index contributed by atoms with van der Waals surface area (Å²) in [5, 5.41) is 19.0. The van der Waals surface area contributed by atoms with E-state index in [-0.39, 0.29) is 19.8 Å². The van der Waals surface area contributed by atoms with Crippen LogP contribution in [0.1, 0.15) is 5.56 Å². The van der Waals surface area contributed by atoms with Gasteiger partial charge in [-0.25, -0.2) is 0 Å². The van der Waals surface area contributed by atoms with Gasteiger partial charge in [-0.3, -0.25) is 4.90 Å². The summed E-state index contributed by atoms with van der Waals surface area (Å²) in [6, 6.07) is 15.1. The molecule has 0 radical (unpaired) electrons. The molecule has 0 amide bonds. The summed E-state index contributed by atoms with van der Waals surface area (Å²) in [5.74, 6) is 1.97. The predicted molar refractivity (Wildman–Crippen MR) is 99.9 cm³/mol. The highest BCUT2D eigenvalue weighted by Crippen LogP contribution is 2.28. The number of methoxy groups -OCH3 is 1. The van der Waals surface area contributed by atoms with Crippen LogP contribution in [0.5, 0.6) is 17.2 Å². The predicted octanol–water partition coefficient (Wildman–Crippen LogP) is 1.94. The first-order valence-corrected chi connectivity index (χ1v) is 8.57. The second-order valence-electron chi connectivity index (χ2n) is 6.03. The maximum atomic E-state index is 10.2. The first-order valence-electron chi connectivity index (χ1n) is 8.57. The Bertz CT molecular complexity index is 650. The van der Waals surface area contributed by atoms with Gasteiger partial charge >= 0.3 is 0 Å². The topological polar surface area (TPSA) is 71.4 Å². The number of aliphatic hydroxyl groups excluding tert-OH is 2. The average molecular weight is 361 g/mol. The molecular formula is C20H27NO5. The maximum Gasteiger partial charge on any atom is 0.161 e. The lowest BCUT2D eigenvalue weighted by Gasteiger charge is -2.21. The summed E-state index contributed by atoms with van der Waals surface area (Å²) in [5.41, 5.74) is 1.04. The Morgan fingerprint density at radius 2 is 1.81 bits per heavy atom. The second-order valence-corrected chi connectivity index (χ2v) is 6.03. The Morgan fingerprint density at radius 3 is 2.50 bits per heavy atom. The summed E-state index contributed by atoms with van der Waals surface area (Å²) >= 11 is 0. The van der Waals surface area contributed by atoms with Gasteiger partial charge in [-0.1, -0.05) is 24.3 Å². The van der Waals surface area contributed by atoms with Crippen LogP contribution in [0, 0.1) is 0 Å². The van der Waals surface area contributed by atoms with Gasteiger partial charge in [0.15, 0.2) is 11.5 Å². The number of ether oxygens (including phenoxy) is 3. The minimum absolute atomic E-state index is 0.0451. The zero-order chi connectivity index (χ0) is 18.8. The Labute approximate surface area is 154 Å². The SMILES string of the molecule is COc1cc(CN(C)C[C@H](O)COc2ccccc2)ccc1OCCO. The van der Waals surface area contributed by atoms with E-state index in [0.29, 0.717) is 24.6 Å². The molecule has 2 aromatic rings. The van der Waals surface area contributed by atoms with E-state index in [1.807, 2.05) is 60.5 Å². The lowest BCUT2D eigenvalue weighted by Crippen LogP contribution is -2.32. The molecule has 0 spiro atoms. The molecule has 0 aliphatic rings. The Morgan fingerprint density at radius 1 is 1.04 bits per heavy atom. The highest BCUT2D eigenvalue weighted by atomic mass is 16.5. The van der Waals surface area contributed by atoms with E-state index in [9.17, 15) is 5.11 Å². The molecule has 0 aromatic heterocycles. The Balaban J connectivity index is 1.83. The molecule has 0 fully saturated rings. The van der Waals surface area contributed by atoms with Crippen molar-refractivity contribution >= 4 is 0 Å². The molecule has 142 valence electrons. The molecule has 0 saturated carbocycles. The van der Waals surface area contributed by atoms with Crippen LogP contribution in [-0.2, 0) is 6.54 Å². The molecule has 0 unspecified atom stereocenters. The fourth-order valence-corrected chi connectivity index (χ4v) is 2.58. The Hall–Kier alpha value is -2.28. The minimum Gasteiger partial charge on any atom is -0.493 e. The van der Waals surface area contributed by atoms with E-state index >= 15 is 0 Å². The molecule has 0 aliphatic heterocycles. The largest absolute Gasteiger partial charge is 0.493 e. The number of likely N-dealkylation sites (N-methyl/N-ethyl adjacent to an activating group) is 1. The highest BCUT2D eigenvalue weighted by molar-refractivity contribution is 5.43. The molecule has 6 nitrogen and oxygen atoms in total. The van der Waals surface area contributed by atoms with Crippen LogP contribution in [0.25, 0.3) is 0 Å². The fourth-order valence-electron chi connectivity index (χ4n) is 2.58. The van der Waals surface area contributed by atoms with Gasteiger partial charge < -0.3 is 24.4 Å². The molecule has 26 heavy (non-hydrogen) atoms. The number of aliphatic hydroxyl groups is 2. The number of benzene rings is 2. The van der Waals surface area contributed by atoms with Crippen LogP contribution in [0.15, 0.2) is 48.5 Å². The van der Waals surface area contributed by atoms with Crippen molar-refractivity contribution in [2.45, 2.75) is 12.6 Å². The van der Waals surface area contributed by atoms with Crippen molar-refractivity contribution in [2.24, 2.45) is 0 Å². The zero-order valence-electron chi connectivity index (χ0n) is 15.3. The molecule has 0 aliphatic carbocycles. The van der Waals surface area contributed by atoms with E-state index in [4.69, 9.17) is 19.3 Å². The third-order valence-electron chi connectivity index (χ3n) is 3.74. The smallest absolute Gasteiger partial charge is 0.161 e.